The molecule has 5 nitrogen and oxygen atoms in total. The van der Waals surface area contributed by atoms with E-state index >= 15 is 0 Å². The summed E-state index contributed by atoms with van der Waals surface area (Å²) in [6.45, 7) is 0. The first-order chi connectivity index (χ1) is 10.8. The minimum absolute atomic E-state index is 0.161. The highest BCUT2D eigenvalue weighted by Gasteiger charge is 2.40. The highest BCUT2D eigenvalue weighted by atomic mass is 16.2. The number of amides is 2. The van der Waals surface area contributed by atoms with Crippen LogP contribution in [0.1, 0.15) is 12.5 Å². The van der Waals surface area contributed by atoms with E-state index in [1.165, 1.54) is 4.90 Å². The van der Waals surface area contributed by atoms with Crippen LogP contribution in [0.3, 0.4) is 0 Å². The van der Waals surface area contributed by atoms with E-state index in [0.29, 0.717) is 5.69 Å². The van der Waals surface area contributed by atoms with E-state index in [-0.39, 0.29) is 18.2 Å². The molecule has 4 rings (SSSR count). The molecule has 1 fully saturated rings. The Balaban J connectivity index is 1.76. The van der Waals surface area contributed by atoms with Gasteiger partial charge in [0.15, 0.2) is 0 Å². The molecule has 3 aromatic rings. The maximum absolute atomic E-state index is 12.7. The Kier molecular flexibility index (Phi) is 2.79. The standard InChI is InChI=1S/C17H13N3O2/c21-16-10-15(17(22)20(16)12-6-2-1-3-7-12)19-11-18-13-8-4-5-9-14(13)19/h1-9,11,15H,10H2. The second-order valence-corrected chi connectivity index (χ2v) is 5.26. The summed E-state index contributed by atoms with van der Waals surface area (Å²) in [5.41, 5.74) is 2.30. The molecule has 2 heterocycles. The molecule has 0 bridgehead atoms. The van der Waals surface area contributed by atoms with Gasteiger partial charge in [0.1, 0.15) is 6.04 Å². The smallest absolute Gasteiger partial charge is 0.257 e. The fourth-order valence-electron chi connectivity index (χ4n) is 2.91. The van der Waals surface area contributed by atoms with Crippen LogP contribution in [-0.2, 0) is 9.59 Å². The molecule has 1 aliphatic rings. The fourth-order valence-corrected chi connectivity index (χ4v) is 2.91. The summed E-state index contributed by atoms with van der Waals surface area (Å²) in [6.07, 6.45) is 1.79. The van der Waals surface area contributed by atoms with Gasteiger partial charge < -0.3 is 4.57 Å². The largest absolute Gasteiger partial charge is 0.317 e. The van der Waals surface area contributed by atoms with Crippen LogP contribution in [0.25, 0.3) is 11.0 Å². The van der Waals surface area contributed by atoms with Crippen molar-refractivity contribution >= 4 is 28.5 Å². The number of aromatic nitrogens is 2. The van der Waals surface area contributed by atoms with E-state index in [9.17, 15) is 9.59 Å². The van der Waals surface area contributed by atoms with Gasteiger partial charge in [-0.3, -0.25) is 9.59 Å². The van der Waals surface area contributed by atoms with Gasteiger partial charge in [0.05, 0.1) is 29.5 Å². The van der Waals surface area contributed by atoms with Crippen LogP contribution in [-0.4, -0.2) is 21.4 Å². The van der Waals surface area contributed by atoms with E-state index in [1.807, 2.05) is 42.5 Å². The third kappa shape index (κ3) is 1.83. The number of imidazole rings is 1. The number of hydrogen-bond acceptors (Lipinski definition) is 3. The van der Waals surface area contributed by atoms with Gasteiger partial charge >= 0.3 is 0 Å². The maximum Gasteiger partial charge on any atom is 0.257 e. The van der Waals surface area contributed by atoms with Gasteiger partial charge in [-0.05, 0) is 24.3 Å². The highest BCUT2D eigenvalue weighted by Crippen LogP contribution is 2.31. The molecule has 5 heteroatoms. The molecule has 1 atom stereocenters. The van der Waals surface area contributed by atoms with Gasteiger partial charge in [0.25, 0.3) is 5.91 Å². The number of fused-ring (bicyclic) bond motifs is 1. The summed E-state index contributed by atoms with van der Waals surface area (Å²) in [6, 6.07) is 16.1. The third-order valence-corrected chi connectivity index (χ3v) is 3.95. The molecule has 0 aliphatic carbocycles. The van der Waals surface area contributed by atoms with Gasteiger partial charge in [-0.1, -0.05) is 30.3 Å². The molecule has 0 spiro atoms. The zero-order valence-electron chi connectivity index (χ0n) is 11.7. The van der Waals surface area contributed by atoms with Crippen LogP contribution in [0.15, 0.2) is 60.9 Å². The van der Waals surface area contributed by atoms with Gasteiger partial charge in [0, 0.05) is 0 Å². The zero-order chi connectivity index (χ0) is 15.1. The highest BCUT2D eigenvalue weighted by molar-refractivity contribution is 6.21. The number of rotatable bonds is 2. The number of hydrogen-bond donors (Lipinski definition) is 0. The zero-order valence-corrected chi connectivity index (χ0v) is 11.7. The van der Waals surface area contributed by atoms with E-state index in [0.717, 1.165) is 11.0 Å². The van der Waals surface area contributed by atoms with Crippen LogP contribution >= 0.6 is 0 Å². The Hall–Kier alpha value is -2.95. The lowest BCUT2D eigenvalue weighted by molar-refractivity contribution is -0.122. The Bertz CT molecular complexity index is 870. The van der Waals surface area contributed by atoms with Crippen molar-refractivity contribution in [3.05, 3.63) is 60.9 Å². The molecule has 0 N–H and O–H groups in total. The number of benzene rings is 2. The quantitative estimate of drug-likeness (QED) is 0.682. The molecule has 1 unspecified atom stereocenters. The molecule has 0 radical (unpaired) electrons. The minimum Gasteiger partial charge on any atom is -0.317 e. The number of para-hydroxylation sites is 3. The maximum atomic E-state index is 12.7. The monoisotopic (exact) mass is 291 g/mol. The Labute approximate surface area is 126 Å². The second-order valence-electron chi connectivity index (χ2n) is 5.26. The Morgan fingerprint density at radius 3 is 2.50 bits per heavy atom. The lowest BCUT2D eigenvalue weighted by Crippen LogP contribution is -2.30. The number of nitrogens with zero attached hydrogens (tertiary/aromatic N) is 3. The van der Waals surface area contributed by atoms with Crippen LogP contribution in [0.5, 0.6) is 0 Å². The summed E-state index contributed by atoms with van der Waals surface area (Å²) in [4.78, 5) is 30.6. The molecule has 1 aromatic heterocycles. The molecule has 2 amide bonds. The first-order valence-corrected chi connectivity index (χ1v) is 7.09. The van der Waals surface area contributed by atoms with E-state index < -0.39 is 6.04 Å². The second kappa shape index (κ2) is 4.80. The summed E-state index contributed by atoms with van der Waals surface area (Å²) in [7, 11) is 0. The topological polar surface area (TPSA) is 55.2 Å². The first-order valence-electron chi connectivity index (χ1n) is 7.09. The normalized spacial score (nSPS) is 18.4. The van der Waals surface area contributed by atoms with Crippen molar-refractivity contribution in [1.82, 2.24) is 9.55 Å². The average molecular weight is 291 g/mol. The Morgan fingerprint density at radius 1 is 0.955 bits per heavy atom. The van der Waals surface area contributed by atoms with Crippen molar-refractivity contribution < 1.29 is 9.59 Å². The van der Waals surface area contributed by atoms with E-state index in [1.54, 1.807) is 23.0 Å². The molecule has 1 saturated heterocycles. The van der Waals surface area contributed by atoms with Crippen molar-refractivity contribution in [2.75, 3.05) is 4.90 Å². The van der Waals surface area contributed by atoms with Gasteiger partial charge in [0.2, 0.25) is 5.91 Å². The van der Waals surface area contributed by atoms with E-state index in [4.69, 9.17) is 0 Å². The number of imide groups is 1. The first kappa shape index (κ1) is 12.8. The van der Waals surface area contributed by atoms with Crippen molar-refractivity contribution in [2.45, 2.75) is 12.5 Å². The van der Waals surface area contributed by atoms with Crippen molar-refractivity contribution in [2.24, 2.45) is 0 Å². The summed E-state index contributed by atoms with van der Waals surface area (Å²) in [5, 5.41) is 0. The van der Waals surface area contributed by atoms with Crippen LogP contribution in [0.4, 0.5) is 5.69 Å². The number of carbonyl (C=O) groups excluding carboxylic acids is 2. The molecular formula is C17H13N3O2. The van der Waals surface area contributed by atoms with Gasteiger partial charge in [-0.15, -0.1) is 0 Å². The van der Waals surface area contributed by atoms with Crippen molar-refractivity contribution in [3.63, 3.8) is 0 Å². The van der Waals surface area contributed by atoms with Crippen molar-refractivity contribution in [1.29, 1.82) is 0 Å². The Morgan fingerprint density at radius 2 is 1.68 bits per heavy atom. The lowest BCUT2D eigenvalue weighted by Gasteiger charge is -2.15. The number of carbonyl (C=O) groups is 2. The summed E-state index contributed by atoms with van der Waals surface area (Å²) in [5.74, 6) is -0.390. The molecule has 2 aromatic carbocycles. The van der Waals surface area contributed by atoms with Crippen LogP contribution in [0, 0.1) is 0 Å². The SMILES string of the molecule is O=C1CC(n2cnc3ccccc32)C(=O)N1c1ccccc1. The lowest BCUT2D eigenvalue weighted by atomic mass is 10.2. The van der Waals surface area contributed by atoms with E-state index in [2.05, 4.69) is 4.98 Å². The molecular weight excluding hydrogens is 278 g/mol. The fraction of sp³-hybridized carbons (Fsp3) is 0.118. The summed E-state index contributed by atoms with van der Waals surface area (Å²) >= 11 is 0. The predicted octanol–water partition coefficient (Wildman–Crippen LogP) is 2.54. The third-order valence-electron chi connectivity index (χ3n) is 3.95. The molecule has 0 saturated carbocycles. The average Bonchev–Trinajstić information content (AvgIpc) is 3.09. The van der Waals surface area contributed by atoms with Crippen LogP contribution < -0.4 is 4.90 Å². The van der Waals surface area contributed by atoms with Gasteiger partial charge in [-0.25, -0.2) is 9.88 Å². The van der Waals surface area contributed by atoms with Crippen molar-refractivity contribution in [3.8, 4) is 0 Å². The molecule has 108 valence electrons. The number of anilines is 1. The predicted molar refractivity (Wildman–Crippen MR) is 82.3 cm³/mol. The summed E-state index contributed by atoms with van der Waals surface area (Å²) < 4.78 is 1.79. The van der Waals surface area contributed by atoms with Gasteiger partial charge in [-0.2, -0.15) is 0 Å². The molecule has 22 heavy (non-hydrogen) atoms. The molecule has 1 aliphatic heterocycles. The minimum atomic E-state index is -0.528. The van der Waals surface area contributed by atoms with Crippen LogP contribution in [0.2, 0.25) is 0 Å².